The van der Waals surface area contributed by atoms with Gasteiger partial charge in [0.1, 0.15) is 0 Å². The van der Waals surface area contributed by atoms with E-state index in [0.717, 1.165) is 0 Å². The Bertz CT molecular complexity index is 114. The lowest BCUT2D eigenvalue weighted by Crippen LogP contribution is -2.23. The van der Waals surface area contributed by atoms with Crippen molar-refractivity contribution in [2.45, 2.75) is 31.6 Å². The van der Waals surface area contributed by atoms with Crippen LogP contribution in [0.2, 0.25) is 25.2 Å². The molecule has 0 atom stereocenters. The van der Waals surface area contributed by atoms with Crippen LogP contribution in [0.4, 0.5) is 0 Å². The van der Waals surface area contributed by atoms with Crippen molar-refractivity contribution in [3.63, 3.8) is 0 Å². The first-order chi connectivity index (χ1) is 4.62. The van der Waals surface area contributed by atoms with Crippen LogP contribution in [0.5, 0.6) is 0 Å². The maximum absolute atomic E-state index is 3.76. The van der Waals surface area contributed by atoms with Gasteiger partial charge in [-0.3, -0.25) is 0 Å². The van der Waals surface area contributed by atoms with Gasteiger partial charge in [-0.1, -0.05) is 31.3 Å². The Morgan fingerprint density at radius 1 is 1.20 bits per heavy atom. The molecule has 0 rings (SSSR count). The first kappa shape index (κ1) is 9.70. The third-order valence-corrected chi connectivity index (χ3v) is 4.76. The van der Waals surface area contributed by atoms with Gasteiger partial charge in [-0.2, -0.15) is 0 Å². The zero-order valence-corrected chi connectivity index (χ0v) is 8.19. The zero-order valence-electron chi connectivity index (χ0n) is 7.19. The molecule has 58 valence electrons. The highest BCUT2D eigenvalue weighted by molar-refractivity contribution is 6.77. The lowest BCUT2D eigenvalue weighted by molar-refractivity contribution is 1.15. The molecule has 10 heavy (non-hydrogen) atoms. The molecule has 0 aromatic heterocycles. The number of allylic oxidation sites excluding steroid dienone is 2. The molecule has 0 aliphatic carbocycles. The standard InChI is InChI=1S/C9H18Si/c1-5-7-9-10(3,4)8-6-2/h5-6H,1-2,7-9H2,3-4H3. The SMILES string of the molecule is C=CCC[Si](C)(C)CC=C. The molecule has 0 aromatic rings. The summed E-state index contributed by atoms with van der Waals surface area (Å²) in [6.07, 6.45) is 5.24. The van der Waals surface area contributed by atoms with Crippen LogP contribution in [0.1, 0.15) is 6.42 Å². The van der Waals surface area contributed by atoms with E-state index in [4.69, 9.17) is 0 Å². The highest BCUT2D eigenvalue weighted by Gasteiger charge is 2.16. The molecule has 0 saturated carbocycles. The van der Waals surface area contributed by atoms with Crippen LogP contribution in [0.15, 0.2) is 25.3 Å². The largest absolute Gasteiger partial charge is 0.103 e. The van der Waals surface area contributed by atoms with Crippen LogP contribution in [-0.4, -0.2) is 8.07 Å². The molecule has 0 aliphatic rings. The van der Waals surface area contributed by atoms with Crippen molar-refractivity contribution in [3.8, 4) is 0 Å². The second kappa shape index (κ2) is 4.50. The molecular formula is C9H18Si. The summed E-state index contributed by atoms with van der Waals surface area (Å²) < 4.78 is 0. The van der Waals surface area contributed by atoms with Gasteiger partial charge in [0.05, 0.1) is 8.07 Å². The van der Waals surface area contributed by atoms with Gasteiger partial charge in [-0.15, -0.1) is 13.2 Å². The smallest absolute Gasteiger partial charge is 0.0514 e. The molecule has 0 amide bonds. The second-order valence-electron chi connectivity index (χ2n) is 3.48. The molecular weight excluding hydrogens is 136 g/mol. The predicted octanol–water partition coefficient (Wildman–Crippen LogP) is 3.46. The van der Waals surface area contributed by atoms with Gasteiger partial charge in [0.2, 0.25) is 0 Å². The fourth-order valence-electron chi connectivity index (χ4n) is 0.986. The summed E-state index contributed by atoms with van der Waals surface area (Å²) in [4.78, 5) is 0. The predicted molar refractivity (Wildman–Crippen MR) is 52.1 cm³/mol. The first-order valence-corrected chi connectivity index (χ1v) is 7.25. The van der Waals surface area contributed by atoms with E-state index in [1.807, 2.05) is 6.08 Å². The third kappa shape index (κ3) is 4.56. The summed E-state index contributed by atoms with van der Waals surface area (Å²) in [6, 6.07) is 2.59. The van der Waals surface area contributed by atoms with Crippen LogP contribution in [0.25, 0.3) is 0 Å². The molecule has 0 spiro atoms. The highest BCUT2D eigenvalue weighted by Crippen LogP contribution is 2.17. The Morgan fingerprint density at radius 2 is 1.80 bits per heavy atom. The number of hydrogen-bond donors (Lipinski definition) is 0. The molecule has 0 aliphatic heterocycles. The van der Waals surface area contributed by atoms with Gasteiger partial charge >= 0.3 is 0 Å². The van der Waals surface area contributed by atoms with Crippen molar-refractivity contribution in [2.24, 2.45) is 0 Å². The monoisotopic (exact) mass is 154 g/mol. The van der Waals surface area contributed by atoms with E-state index in [9.17, 15) is 0 Å². The Hall–Kier alpha value is -0.303. The van der Waals surface area contributed by atoms with Crippen molar-refractivity contribution in [3.05, 3.63) is 25.3 Å². The van der Waals surface area contributed by atoms with Crippen molar-refractivity contribution >= 4 is 8.07 Å². The summed E-state index contributed by atoms with van der Waals surface area (Å²) >= 11 is 0. The fraction of sp³-hybridized carbons (Fsp3) is 0.556. The topological polar surface area (TPSA) is 0 Å². The molecule has 0 N–H and O–H groups in total. The van der Waals surface area contributed by atoms with Crippen molar-refractivity contribution in [2.75, 3.05) is 0 Å². The van der Waals surface area contributed by atoms with Crippen LogP contribution in [-0.2, 0) is 0 Å². The van der Waals surface area contributed by atoms with E-state index in [-0.39, 0.29) is 0 Å². The lowest BCUT2D eigenvalue weighted by Gasteiger charge is -2.18. The van der Waals surface area contributed by atoms with E-state index >= 15 is 0 Å². The van der Waals surface area contributed by atoms with Gasteiger partial charge in [-0.25, -0.2) is 0 Å². The van der Waals surface area contributed by atoms with Crippen molar-refractivity contribution in [1.82, 2.24) is 0 Å². The minimum Gasteiger partial charge on any atom is -0.103 e. The number of hydrogen-bond acceptors (Lipinski definition) is 0. The molecule has 0 radical (unpaired) electrons. The molecule has 0 bridgehead atoms. The van der Waals surface area contributed by atoms with Gasteiger partial charge in [0.25, 0.3) is 0 Å². The summed E-state index contributed by atoms with van der Waals surface area (Å²) in [6.45, 7) is 12.3. The van der Waals surface area contributed by atoms with E-state index < -0.39 is 8.07 Å². The van der Waals surface area contributed by atoms with E-state index in [1.165, 1.54) is 18.5 Å². The molecule has 0 fully saturated rings. The quantitative estimate of drug-likeness (QED) is 0.420. The van der Waals surface area contributed by atoms with Gasteiger partial charge < -0.3 is 0 Å². The van der Waals surface area contributed by atoms with Crippen molar-refractivity contribution < 1.29 is 0 Å². The zero-order chi connectivity index (χ0) is 8.04. The summed E-state index contributed by atoms with van der Waals surface area (Å²) in [5, 5.41) is 0. The molecule has 0 heterocycles. The molecule has 1 heteroatoms. The average Bonchev–Trinajstić information content (AvgIpc) is 1.84. The molecule has 0 nitrogen and oxygen atoms in total. The Morgan fingerprint density at radius 3 is 2.20 bits per heavy atom. The Balaban J connectivity index is 3.61. The minimum absolute atomic E-state index is 0.914. The van der Waals surface area contributed by atoms with Crippen LogP contribution in [0.3, 0.4) is 0 Å². The second-order valence-corrected chi connectivity index (χ2v) is 8.72. The Labute approximate surface area is 65.7 Å². The molecule has 0 aromatic carbocycles. The fourth-order valence-corrected chi connectivity index (χ4v) is 2.96. The number of rotatable bonds is 5. The van der Waals surface area contributed by atoms with E-state index in [0.29, 0.717) is 0 Å². The van der Waals surface area contributed by atoms with Crippen LogP contribution < -0.4 is 0 Å². The maximum Gasteiger partial charge on any atom is 0.0514 e. The normalized spacial score (nSPS) is 11.0. The van der Waals surface area contributed by atoms with Crippen LogP contribution >= 0.6 is 0 Å². The molecule has 0 saturated heterocycles. The average molecular weight is 154 g/mol. The lowest BCUT2D eigenvalue weighted by atomic mass is 10.5. The summed E-state index contributed by atoms with van der Waals surface area (Å²) in [7, 11) is -0.914. The van der Waals surface area contributed by atoms with Gasteiger partial charge in [0, 0.05) is 0 Å². The summed E-state index contributed by atoms with van der Waals surface area (Å²) in [5.41, 5.74) is 0. The van der Waals surface area contributed by atoms with E-state index in [1.54, 1.807) is 0 Å². The van der Waals surface area contributed by atoms with Crippen LogP contribution in [0, 0.1) is 0 Å². The summed E-state index contributed by atoms with van der Waals surface area (Å²) in [5.74, 6) is 0. The van der Waals surface area contributed by atoms with Gasteiger partial charge in [0.15, 0.2) is 0 Å². The van der Waals surface area contributed by atoms with Crippen molar-refractivity contribution in [1.29, 1.82) is 0 Å². The molecule has 0 unspecified atom stereocenters. The van der Waals surface area contributed by atoms with E-state index in [2.05, 4.69) is 32.3 Å². The van der Waals surface area contributed by atoms with Gasteiger partial charge in [-0.05, 0) is 12.5 Å². The minimum atomic E-state index is -0.914. The highest BCUT2D eigenvalue weighted by atomic mass is 28.3. The first-order valence-electron chi connectivity index (χ1n) is 3.84. The maximum atomic E-state index is 3.76. The third-order valence-electron chi connectivity index (χ3n) is 1.72. The Kier molecular flexibility index (Phi) is 4.37.